The number of hydrogen-bond acceptors (Lipinski definition) is 2. The quantitative estimate of drug-likeness (QED) is 0.390. The van der Waals surface area contributed by atoms with Gasteiger partial charge in [0.2, 0.25) is 0 Å². The van der Waals surface area contributed by atoms with Crippen LogP contribution < -0.4 is 0 Å². The summed E-state index contributed by atoms with van der Waals surface area (Å²) >= 11 is 0. The summed E-state index contributed by atoms with van der Waals surface area (Å²) in [6.45, 7) is 4.50. The summed E-state index contributed by atoms with van der Waals surface area (Å²) in [5, 5.41) is 1.27. The Morgan fingerprint density at radius 1 is 0.960 bits per heavy atom. The number of methoxy groups -OCH3 is 1. The SMILES string of the molecule is CCCCCCc1[nH]c2cc(C(=O)OC)ccc2c1CCCCCC. The minimum Gasteiger partial charge on any atom is -0.465 e. The predicted molar refractivity (Wildman–Crippen MR) is 105 cm³/mol. The fourth-order valence-corrected chi connectivity index (χ4v) is 3.51. The lowest BCUT2D eigenvalue weighted by atomic mass is 9.99. The molecule has 0 aliphatic rings. The summed E-state index contributed by atoms with van der Waals surface area (Å²) < 4.78 is 4.85. The first kappa shape index (κ1) is 19.6. The number of aromatic nitrogens is 1. The maximum absolute atomic E-state index is 11.8. The van der Waals surface area contributed by atoms with Crippen molar-refractivity contribution < 1.29 is 9.53 Å². The highest BCUT2D eigenvalue weighted by Crippen LogP contribution is 2.27. The average molecular weight is 344 g/mol. The van der Waals surface area contributed by atoms with E-state index in [1.165, 1.54) is 75.1 Å². The molecular formula is C22H33NO2. The molecule has 1 N–H and O–H groups in total. The Bertz CT molecular complexity index is 672. The molecule has 0 bridgehead atoms. The van der Waals surface area contributed by atoms with Gasteiger partial charge in [-0.15, -0.1) is 0 Å². The van der Waals surface area contributed by atoms with Gasteiger partial charge in [0.1, 0.15) is 0 Å². The van der Waals surface area contributed by atoms with Gasteiger partial charge in [-0.3, -0.25) is 0 Å². The van der Waals surface area contributed by atoms with Gasteiger partial charge >= 0.3 is 5.97 Å². The van der Waals surface area contributed by atoms with Gasteiger partial charge in [-0.2, -0.15) is 0 Å². The molecule has 1 aromatic heterocycles. The van der Waals surface area contributed by atoms with Crippen LogP contribution in [0.2, 0.25) is 0 Å². The molecule has 2 rings (SSSR count). The molecule has 0 atom stereocenters. The number of aromatic amines is 1. The van der Waals surface area contributed by atoms with Gasteiger partial charge in [-0.1, -0.05) is 58.4 Å². The number of rotatable bonds is 11. The first-order valence-electron chi connectivity index (χ1n) is 9.93. The molecule has 0 spiro atoms. The van der Waals surface area contributed by atoms with E-state index in [9.17, 15) is 4.79 Å². The zero-order valence-corrected chi connectivity index (χ0v) is 16.1. The first-order valence-corrected chi connectivity index (χ1v) is 9.93. The monoisotopic (exact) mass is 343 g/mol. The van der Waals surface area contributed by atoms with Crippen LogP contribution in [-0.4, -0.2) is 18.1 Å². The average Bonchev–Trinajstić information content (AvgIpc) is 2.98. The number of unbranched alkanes of at least 4 members (excludes halogenated alkanes) is 6. The second-order valence-corrected chi connectivity index (χ2v) is 6.96. The van der Waals surface area contributed by atoms with E-state index in [0.717, 1.165) is 18.4 Å². The number of carbonyl (C=O) groups is 1. The molecule has 3 nitrogen and oxygen atoms in total. The summed E-state index contributed by atoms with van der Waals surface area (Å²) in [5.41, 5.74) is 4.51. The topological polar surface area (TPSA) is 42.1 Å². The van der Waals surface area contributed by atoms with Crippen molar-refractivity contribution in [1.29, 1.82) is 0 Å². The van der Waals surface area contributed by atoms with Gasteiger partial charge in [-0.25, -0.2) is 4.79 Å². The number of nitrogens with one attached hydrogen (secondary N) is 1. The number of H-pyrrole nitrogens is 1. The van der Waals surface area contributed by atoms with E-state index in [-0.39, 0.29) is 5.97 Å². The number of hydrogen-bond donors (Lipinski definition) is 1. The Labute approximate surface area is 152 Å². The first-order chi connectivity index (χ1) is 12.2. The molecule has 1 aromatic carbocycles. The van der Waals surface area contributed by atoms with Crippen molar-refractivity contribution in [2.75, 3.05) is 7.11 Å². The molecule has 2 aromatic rings. The van der Waals surface area contributed by atoms with E-state index in [0.29, 0.717) is 5.56 Å². The summed E-state index contributed by atoms with van der Waals surface area (Å²) in [6.07, 6.45) is 12.4. The van der Waals surface area contributed by atoms with Gasteiger partial charge < -0.3 is 9.72 Å². The van der Waals surface area contributed by atoms with Crippen LogP contribution in [0.3, 0.4) is 0 Å². The van der Waals surface area contributed by atoms with Crippen LogP contribution in [0.25, 0.3) is 10.9 Å². The Morgan fingerprint density at radius 3 is 2.28 bits per heavy atom. The molecule has 0 saturated carbocycles. The van der Waals surface area contributed by atoms with Gasteiger partial charge in [0, 0.05) is 16.6 Å². The molecule has 0 aliphatic heterocycles. The van der Waals surface area contributed by atoms with Crippen molar-refractivity contribution in [1.82, 2.24) is 4.98 Å². The van der Waals surface area contributed by atoms with E-state index in [1.807, 2.05) is 12.1 Å². The molecule has 0 fully saturated rings. The normalized spacial score (nSPS) is 11.2. The number of esters is 1. The Balaban J connectivity index is 2.22. The van der Waals surface area contributed by atoms with E-state index in [1.54, 1.807) is 0 Å². The molecule has 25 heavy (non-hydrogen) atoms. The molecule has 3 heteroatoms. The molecule has 0 saturated heterocycles. The van der Waals surface area contributed by atoms with Crippen molar-refractivity contribution in [3.63, 3.8) is 0 Å². The van der Waals surface area contributed by atoms with Crippen molar-refractivity contribution in [3.8, 4) is 0 Å². The Kier molecular flexibility index (Phi) is 8.03. The Hall–Kier alpha value is -1.77. The minimum absolute atomic E-state index is 0.273. The third-order valence-electron chi connectivity index (χ3n) is 4.98. The molecule has 1 heterocycles. The number of aryl methyl sites for hydroxylation is 2. The second-order valence-electron chi connectivity index (χ2n) is 6.96. The number of fused-ring (bicyclic) bond motifs is 1. The highest BCUT2D eigenvalue weighted by molar-refractivity contribution is 5.95. The fraction of sp³-hybridized carbons (Fsp3) is 0.591. The van der Waals surface area contributed by atoms with Crippen LogP contribution >= 0.6 is 0 Å². The van der Waals surface area contributed by atoms with Gasteiger partial charge in [0.15, 0.2) is 0 Å². The van der Waals surface area contributed by atoms with Crippen LogP contribution in [0.1, 0.15) is 86.8 Å². The molecule has 0 radical (unpaired) electrons. The van der Waals surface area contributed by atoms with Crippen LogP contribution in [0.15, 0.2) is 18.2 Å². The van der Waals surface area contributed by atoms with Crippen molar-refractivity contribution >= 4 is 16.9 Å². The van der Waals surface area contributed by atoms with Crippen LogP contribution in [-0.2, 0) is 17.6 Å². The smallest absolute Gasteiger partial charge is 0.337 e. The highest BCUT2D eigenvalue weighted by atomic mass is 16.5. The maximum atomic E-state index is 11.8. The molecule has 0 aliphatic carbocycles. The summed E-state index contributed by atoms with van der Waals surface area (Å²) in [4.78, 5) is 15.4. The lowest BCUT2D eigenvalue weighted by Crippen LogP contribution is -2.00. The van der Waals surface area contributed by atoms with Crippen molar-refractivity contribution in [2.45, 2.75) is 78.1 Å². The van der Waals surface area contributed by atoms with E-state index in [2.05, 4.69) is 24.9 Å². The van der Waals surface area contributed by atoms with Crippen LogP contribution in [0.4, 0.5) is 0 Å². The summed E-state index contributed by atoms with van der Waals surface area (Å²) in [6, 6.07) is 5.91. The van der Waals surface area contributed by atoms with Crippen molar-refractivity contribution in [3.05, 3.63) is 35.0 Å². The second kappa shape index (κ2) is 10.3. The lowest BCUT2D eigenvalue weighted by molar-refractivity contribution is 0.0601. The van der Waals surface area contributed by atoms with Crippen LogP contribution in [0.5, 0.6) is 0 Å². The van der Waals surface area contributed by atoms with E-state index in [4.69, 9.17) is 4.74 Å². The molecule has 0 unspecified atom stereocenters. The third-order valence-corrected chi connectivity index (χ3v) is 4.98. The van der Waals surface area contributed by atoms with Crippen molar-refractivity contribution in [2.24, 2.45) is 0 Å². The minimum atomic E-state index is -0.273. The Morgan fingerprint density at radius 2 is 1.64 bits per heavy atom. The van der Waals surface area contributed by atoms with Gasteiger partial charge in [0.25, 0.3) is 0 Å². The lowest BCUT2D eigenvalue weighted by Gasteiger charge is -2.05. The summed E-state index contributed by atoms with van der Waals surface area (Å²) in [5.74, 6) is -0.273. The zero-order chi connectivity index (χ0) is 18.1. The number of carbonyl (C=O) groups excluding carboxylic acids is 1. The predicted octanol–water partition coefficient (Wildman–Crippen LogP) is 6.20. The standard InChI is InChI=1S/C22H33NO2/c1-4-6-8-10-12-18-19-15-14-17(22(24)25-3)16-21(19)23-20(18)13-11-9-7-5-2/h14-16,23H,4-13H2,1-3H3. The van der Waals surface area contributed by atoms with Crippen LogP contribution in [0, 0.1) is 0 Å². The van der Waals surface area contributed by atoms with E-state index < -0.39 is 0 Å². The summed E-state index contributed by atoms with van der Waals surface area (Å²) in [7, 11) is 1.43. The molecular weight excluding hydrogens is 310 g/mol. The van der Waals surface area contributed by atoms with E-state index >= 15 is 0 Å². The largest absolute Gasteiger partial charge is 0.465 e. The molecule has 0 amide bonds. The maximum Gasteiger partial charge on any atom is 0.337 e. The number of ether oxygens (including phenoxy) is 1. The number of benzene rings is 1. The fourth-order valence-electron chi connectivity index (χ4n) is 3.51. The molecule has 138 valence electrons. The third kappa shape index (κ3) is 5.35. The zero-order valence-electron chi connectivity index (χ0n) is 16.1. The highest BCUT2D eigenvalue weighted by Gasteiger charge is 2.14. The van der Waals surface area contributed by atoms with Gasteiger partial charge in [-0.05, 0) is 43.4 Å². The van der Waals surface area contributed by atoms with Gasteiger partial charge in [0.05, 0.1) is 12.7 Å².